The number of benzene rings is 2. The highest BCUT2D eigenvalue weighted by Crippen LogP contribution is 2.25. The molecule has 5 heteroatoms. The molecule has 3 rings (SSSR count). The smallest absolute Gasteiger partial charge is 0.262 e. The highest BCUT2D eigenvalue weighted by atomic mass is 32.1. The van der Waals surface area contributed by atoms with Crippen molar-refractivity contribution in [2.24, 2.45) is 0 Å². The van der Waals surface area contributed by atoms with Gasteiger partial charge >= 0.3 is 0 Å². The lowest BCUT2D eigenvalue weighted by Crippen LogP contribution is -2.20. The van der Waals surface area contributed by atoms with Crippen LogP contribution in [-0.4, -0.2) is 17.5 Å². The summed E-state index contributed by atoms with van der Waals surface area (Å²) in [6.45, 7) is 5.91. The minimum absolute atomic E-state index is 0.00848. The minimum atomic E-state index is -0.173. The molecule has 0 aliphatic heterocycles. The lowest BCUT2D eigenvalue weighted by Gasteiger charge is -2.12. The van der Waals surface area contributed by atoms with Gasteiger partial charge < -0.3 is 10.1 Å². The molecule has 0 aliphatic carbocycles. The van der Waals surface area contributed by atoms with E-state index in [1.165, 1.54) is 0 Å². The summed E-state index contributed by atoms with van der Waals surface area (Å²) in [7, 11) is 0. The van der Waals surface area contributed by atoms with Crippen molar-refractivity contribution in [2.45, 2.75) is 20.8 Å². The summed E-state index contributed by atoms with van der Waals surface area (Å²) in [5, 5.41) is 3.88. The Labute approximate surface area is 139 Å². The number of aromatic nitrogens is 1. The molecule has 1 amide bonds. The van der Waals surface area contributed by atoms with Crippen LogP contribution in [0.5, 0.6) is 5.75 Å². The number of para-hydroxylation sites is 1. The third-order valence-electron chi connectivity index (χ3n) is 3.54. The van der Waals surface area contributed by atoms with Crippen LogP contribution in [-0.2, 0) is 4.79 Å². The molecule has 2 aromatic carbocycles. The SMILES string of the molecule is Cc1nc2ccc(NC(=O)COc3c(C)cccc3C)cc2s1. The number of nitrogens with zero attached hydrogens (tertiary/aromatic N) is 1. The molecule has 23 heavy (non-hydrogen) atoms. The maximum atomic E-state index is 12.1. The zero-order valence-corrected chi connectivity index (χ0v) is 14.2. The number of aryl methyl sites for hydroxylation is 3. The van der Waals surface area contributed by atoms with E-state index in [2.05, 4.69) is 10.3 Å². The molecule has 0 aliphatic rings. The molecule has 0 fully saturated rings. The fourth-order valence-corrected chi connectivity index (χ4v) is 3.35. The van der Waals surface area contributed by atoms with Crippen LogP contribution in [0, 0.1) is 20.8 Å². The van der Waals surface area contributed by atoms with Crippen molar-refractivity contribution < 1.29 is 9.53 Å². The Kier molecular flexibility index (Phi) is 4.30. The van der Waals surface area contributed by atoms with Gasteiger partial charge in [-0.05, 0) is 50.1 Å². The van der Waals surface area contributed by atoms with Crippen LogP contribution in [0.1, 0.15) is 16.1 Å². The first-order valence-electron chi connectivity index (χ1n) is 7.39. The molecular formula is C18H18N2O2S. The van der Waals surface area contributed by atoms with E-state index in [-0.39, 0.29) is 12.5 Å². The number of carbonyl (C=O) groups is 1. The number of ether oxygens (including phenoxy) is 1. The van der Waals surface area contributed by atoms with Crippen molar-refractivity contribution in [1.29, 1.82) is 0 Å². The second-order valence-corrected chi connectivity index (χ2v) is 6.71. The Morgan fingerprint density at radius 2 is 1.91 bits per heavy atom. The number of fused-ring (bicyclic) bond motifs is 1. The molecular weight excluding hydrogens is 308 g/mol. The summed E-state index contributed by atoms with van der Waals surface area (Å²) in [6, 6.07) is 11.6. The van der Waals surface area contributed by atoms with Gasteiger partial charge in [-0.1, -0.05) is 18.2 Å². The molecule has 0 saturated heterocycles. The fourth-order valence-electron chi connectivity index (χ4n) is 2.48. The minimum Gasteiger partial charge on any atom is -0.483 e. The number of anilines is 1. The van der Waals surface area contributed by atoms with Crippen molar-refractivity contribution >= 4 is 33.1 Å². The van der Waals surface area contributed by atoms with E-state index in [0.29, 0.717) is 0 Å². The van der Waals surface area contributed by atoms with E-state index in [0.717, 1.165) is 37.8 Å². The molecule has 0 saturated carbocycles. The van der Waals surface area contributed by atoms with Crippen LogP contribution in [0.2, 0.25) is 0 Å². The van der Waals surface area contributed by atoms with Gasteiger partial charge in [0.25, 0.3) is 5.91 Å². The number of rotatable bonds is 4. The molecule has 0 atom stereocenters. The average Bonchev–Trinajstić information content (AvgIpc) is 2.86. The highest BCUT2D eigenvalue weighted by Gasteiger charge is 2.09. The second-order valence-electron chi connectivity index (χ2n) is 5.47. The first kappa shape index (κ1) is 15.5. The lowest BCUT2D eigenvalue weighted by atomic mass is 10.1. The molecule has 0 bridgehead atoms. The van der Waals surface area contributed by atoms with Crippen LogP contribution >= 0.6 is 11.3 Å². The number of hydrogen-bond donors (Lipinski definition) is 1. The first-order valence-corrected chi connectivity index (χ1v) is 8.20. The van der Waals surface area contributed by atoms with E-state index in [9.17, 15) is 4.79 Å². The molecule has 0 unspecified atom stereocenters. The van der Waals surface area contributed by atoms with Crippen LogP contribution in [0.3, 0.4) is 0 Å². The third-order valence-corrected chi connectivity index (χ3v) is 4.47. The summed E-state index contributed by atoms with van der Waals surface area (Å²) in [6.07, 6.45) is 0. The zero-order valence-electron chi connectivity index (χ0n) is 13.3. The molecule has 3 aromatic rings. The summed E-state index contributed by atoms with van der Waals surface area (Å²) < 4.78 is 6.74. The second kappa shape index (κ2) is 6.38. The van der Waals surface area contributed by atoms with E-state index < -0.39 is 0 Å². The van der Waals surface area contributed by atoms with Crippen molar-refractivity contribution in [1.82, 2.24) is 4.98 Å². The predicted octanol–water partition coefficient (Wildman–Crippen LogP) is 4.24. The maximum absolute atomic E-state index is 12.1. The summed E-state index contributed by atoms with van der Waals surface area (Å²) in [5.74, 6) is 0.601. The number of thiazole rings is 1. The van der Waals surface area contributed by atoms with E-state index in [1.54, 1.807) is 11.3 Å². The van der Waals surface area contributed by atoms with E-state index >= 15 is 0 Å². The van der Waals surface area contributed by atoms with Crippen LogP contribution in [0.25, 0.3) is 10.2 Å². The fraction of sp³-hybridized carbons (Fsp3) is 0.222. The number of nitrogens with one attached hydrogen (secondary N) is 1. The van der Waals surface area contributed by atoms with Crippen LogP contribution in [0.4, 0.5) is 5.69 Å². The van der Waals surface area contributed by atoms with Gasteiger partial charge in [-0.2, -0.15) is 0 Å². The van der Waals surface area contributed by atoms with Crippen LogP contribution < -0.4 is 10.1 Å². The van der Waals surface area contributed by atoms with Gasteiger partial charge in [0.15, 0.2) is 6.61 Å². The quantitative estimate of drug-likeness (QED) is 0.780. The largest absolute Gasteiger partial charge is 0.483 e. The zero-order chi connectivity index (χ0) is 16.4. The maximum Gasteiger partial charge on any atom is 0.262 e. The van der Waals surface area contributed by atoms with Gasteiger partial charge in [-0.25, -0.2) is 4.98 Å². The molecule has 1 aromatic heterocycles. The van der Waals surface area contributed by atoms with Gasteiger partial charge in [0, 0.05) is 5.69 Å². The number of hydrogen-bond acceptors (Lipinski definition) is 4. The van der Waals surface area contributed by atoms with Gasteiger partial charge in [0.2, 0.25) is 0 Å². The van der Waals surface area contributed by atoms with Gasteiger partial charge in [-0.3, -0.25) is 4.79 Å². The number of carbonyl (C=O) groups excluding carboxylic acids is 1. The number of amides is 1. The predicted molar refractivity (Wildman–Crippen MR) is 94.4 cm³/mol. The lowest BCUT2D eigenvalue weighted by molar-refractivity contribution is -0.118. The Morgan fingerprint density at radius 1 is 1.17 bits per heavy atom. The van der Waals surface area contributed by atoms with Gasteiger partial charge in [0.05, 0.1) is 15.2 Å². The Morgan fingerprint density at radius 3 is 2.65 bits per heavy atom. The first-order chi connectivity index (χ1) is 11.0. The Balaban J connectivity index is 1.66. The van der Waals surface area contributed by atoms with Crippen molar-refractivity contribution in [3.63, 3.8) is 0 Å². The summed E-state index contributed by atoms with van der Waals surface area (Å²) in [5.41, 5.74) is 3.77. The molecule has 118 valence electrons. The van der Waals surface area contributed by atoms with Crippen molar-refractivity contribution in [2.75, 3.05) is 11.9 Å². The monoisotopic (exact) mass is 326 g/mol. The van der Waals surface area contributed by atoms with Crippen molar-refractivity contribution in [3.05, 3.63) is 52.5 Å². The average molecular weight is 326 g/mol. The summed E-state index contributed by atoms with van der Waals surface area (Å²) >= 11 is 1.61. The van der Waals surface area contributed by atoms with E-state index in [4.69, 9.17) is 4.74 Å². The van der Waals surface area contributed by atoms with Gasteiger partial charge in [-0.15, -0.1) is 11.3 Å². The Hall–Kier alpha value is -2.40. The van der Waals surface area contributed by atoms with Crippen LogP contribution in [0.15, 0.2) is 36.4 Å². The molecule has 4 nitrogen and oxygen atoms in total. The molecule has 1 N–H and O–H groups in total. The standard InChI is InChI=1S/C18H18N2O2S/c1-11-5-4-6-12(2)18(11)22-10-17(21)20-14-7-8-15-16(9-14)23-13(3)19-15/h4-9H,10H2,1-3H3,(H,20,21). The summed E-state index contributed by atoms with van der Waals surface area (Å²) in [4.78, 5) is 16.5. The highest BCUT2D eigenvalue weighted by molar-refractivity contribution is 7.18. The Bertz CT molecular complexity index is 850. The topological polar surface area (TPSA) is 51.2 Å². The third kappa shape index (κ3) is 3.51. The molecule has 0 spiro atoms. The molecule has 0 radical (unpaired) electrons. The van der Waals surface area contributed by atoms with Gasteiger partial charge in [0.1, 0.15) is 5.75 Å². The van der Waals surface area contributed by atoms with Crippen molar-refractivity contribution in [3.8, 4) is 5.75 Å². The normalized spacial score (nSPS) is 10.7. The van der Waals surface area contributed by atoms with E-state index in [1.807, 2.05) is 57.2 Å². The molecule has 1 heterocycles.